The van der Waals surface area contributed by atoms with E-state index < -0.39 is 5.97 Å². The molecule has 1 heterocycles. The second-order valence-corrected chi connectivity index (χ2v) is 5.73. The predicted octanol–water partition coefficient (Wildman–Crippen LogP) is 4.14. The van der Waals surface area contributed by atoms with Crippen molar-refractivity contribution in [3.8, 4) is 39.6 Å². The van der Waals surface area contributed by atoms with E-state index in [4.69, 9.17) is 19.3 Å². The largest absolute Gasteiger partial charge is 0.493 e. The number of carboxylic acids is 1. The third kappa shape index (κ3) is 3.69. The Kier molecular flexibility index (Phi) is 5.26. The molecule has 0 aliphatic carbocycles. The van der Waals surface area contributed by atoms with Gasteiger partial charge in [0.25, 0.3) is 0 Å². The molecule has 6 nitrogen and oxygen atoms in total. The number of rotatable bonds is 6. The maximum atomic E-state index is 11.0. The lowest BCUT2D eigenvalue weighted by molar-refractivity contribution is 0.0697. The minimum atomic E-state index is -0.947. The lowest BCUT2D eigenvalue weighted by Crippen LogP contribution is -1.96. The summed E-state index contributed by atoms with van der Waals surface area (Å²) in [6.45, 7) is 0. The number of carboxylic acid groups (broad SMARTS) is 1. The molecule has 0 aliphatic heterocycles. The van der Waals surface area contributed by atoms with E-state index in [2.05, 4.69) is 4.98 Å². The molecule has 1 aromatic heterocycles. The molecule has 0 spiro atoms. The van der Waals surface area contributed by atoms with Gasteiger partial charge < -0.3 is 19.3 Å². The van der Waals surface area contributed by atoms with Crippen LogP contribution in [0.3, 0.4) is 0 Å². The maximum absolute atomic E-state index is 11.0. The summed E-state index contributed by atoms with van der Waals surface area (Å²) in [7, 11) is 4.69. The first-order valence-electron chi connectivity index (χ1n) is 8.17. The first-order valence-corrected chi connectivity index (χ1v) is 8.17. The van der Waals surface area contributed by atoms with Crippen molar-refractivity contribution in [1.29, 1.82) is 0 Å². The highest BCUT2D eigenvalue weighted by Gasteiger charge is 2.14. The average Bonchev–Trinajstić information content (AvgIpc) is 2.72. The van der Waals surface area contributed by atoms with Gasteiger partial charge in [0, 0.05) is 17.3 Å². The zero-order valence-electron chi connectivity index (χ0n) is 15.2. The molecule has 138 valence electrons. The van der Waals surface area contributed by atoms with Gasteiger partial charge in [0.15, 0.2) is 11.5 Å². The van der Waals surface area contributed by atoms with Gasteiger partial charge in [-0.1, -0.05) is 18.2 Å². The van der Waals surface area contributed by atoms with E-state index in [9.17, 15) is 4.79 Å². The zero-order valence-corrected chi connectivity index (χ0v) is 15.2. The SMILES string of the molecule is COc1cc(-c2ccc(-c3ccc(C(=O)O)cc3)cn2)cc(OC)c1OC. The molecule has 3 rings (SSSR count). The van der Waals surface area contributed by atoms with Crippen LogP contribution in [0, 0.1) is 0 Å². The Morgan fingerprint density at radius 3 is 1.85 bits per heavy atom. The van der Waals surface area contributed by atoms with Gasteiger partial charge in [0.1, 0.15) is 0 Å². The predicted molar refractivity (Wildman–Crippen MR) is 102 cm³/mol. The molecule has 0 bridgehead atoms. The van der Waals surface area contributed by atoms with Gasteiger partial charge in [-0.25, -0.2) is 4.79 Å². The molecule has 0 fully saturated rings. The summed E-state index contributed by atoms with van der Waals surface area (Å²) in [4.78, 5) is 15.5. The molecule has 0 saturated heterocycles. The third-order valence-corrected chi connectivity index (χ3v) is 4.19. The van der Waals surface area contributed by atoms with Crippen LogP contribution in [-0.2, 0) is 0 Å². The molecular weight excluding hydrogens is 346 g/mol. The molecule has 1 N–H and O–H groups in total. The summed E-state index contributed by atoms with van der Waals surface area (Å²) >= 11 is 0. The van der Waals surface area contributed by atoms with E-state index >= 15 is 0 Å². The van der Waals surface area contributed by atoms with E-state index in [-0.39, 0.29) is 5.56 Å². The Morgan fingerprint density at radius 2 is 1.41 bits per heavy atom. The first kappa shape index (κ1) is 18.3. The van der Waals surface area contributed by atoms with Crippen molar-refractivity contribution < 1.29 is 24.1 Å². The molecule has 0 saturated carbocycles. The van der Waals surface area contributed by atoms with E-state index in [1.54, 1.807) is 51.8 Å². The Bertz CT molecular complexity index is 924. The van der Waals surface area contributed by atoms with Crippen LogP contribution in [0.5, 0.6) is 17.2 Å². The van der Waals surface area contributed by atoms with Crippen LogP contribution in [0.2, 0.25) is 0 Å². The number of hydrogen-bond acceptors (Lipinski definition) is 5. The summed E-state index contributed by atoms with van der Waals surface area (Å²) in [6.07, 6.45) is 1.74. The average molecular weight is 365 g/mol. The van der Waals surface area contributed by atoms with Gasteiger partial charge in [-0.15, -0.1) is 0 Å². The quantitative estimate of drug-likeness (QED) is 0.707. The normalized spacial score (nSPS) is 10.3. The molecule has 27 heavy (non-hydrogen) atoms. The van der Waals surface area contributed by atoms with Crippen LogP contribution in [-0.4, -0.2) is 37.4 Å². The number of pyridine rings is 1. The highest BCUT2D eigenvalue weighted by Crippen LogP contribution is 2.40. The van der Waals surface area contributed by atoms with Crippen LogP contribution in [0.15, 0.2) is 54.7 Å². The smallest absolute Gasteiger partial charge is 0.335 e. The summed E-state index contributed by atoms with van der Waals surface area (Å²) < 4.78 is 16.1. The van der Waals surface area contributed by atoms with Crippen molar-refractivity contribution in [3.63, 3.8) is 0 Å². The van der Waals surface area contributed by atoms with E-state index in [1.807, 2.05) is 24.3 Å². The van der Waals surface area contributed by atoms with Crippen LogP contribution < -0.4 is 14.2 Å². The molecule has 2 aromatic carbocycles. The van der Waals surface area contributed by atoms with Crippen molar-refractivity contribution in [3.05, 3.63) is 60.3 Å². The van der Waals surface area contributed by atoms with Crippen LogP contribution in [0.25, 0.3) is 22.4 Å². The fourth-order valence-electron chi connectivity index (χ4n) is 2.77. The fourth-order valence-corrected chi connectivity index (χ4v) is 2.77. The van der Waals surface area contributed by atoms with Crippen molar-refractivity contribution in [1.82, 2.24) is 4.98 Å². The van der Waals surface area contributed by atoms with Gasteiger partial charge in [0.2, 0.25) is 5.75 Å². The highest BCUT2D eigenvalue weighted by atomic mass is 16.5. The van der Waals surface area contributed by atoms with E-state index in [0.717, 1.165) is 22.4 Å². The monoisotopic (exact) mass is 365 g/mol. The fraction of sp³-hybridized carbons (Fsp3) is 0.143. The lowest BCUT2D eigenvalue weighted by Gasteiger charge is -2.14. The molecule has 6 heteroatoms. The van der Waals surface area contributed by atoms with Crippen LogP contribution in [0.1, 0.15) is 10.4 Å². The second kappa shape index (κ2) is 7.78. The maximum Gasteiger partial charge on any atom is 0.335 e. The Hall–Kier alpha value is -3.54. The number of nitrogens with zero attached hydrogens (tertiary/aromatic N) is 1. The number of benzene rings is 2. The van der Waals surface area contributed by atoms with Crippen molar-refractivity contribution >= 4 is 5.97 Å². The summed E-state index contributed by atoms with van der Waals surface area (Å²) in [5, 5.41) is 8.99. The first-order chi connectivity index (χ1) is 13.1. The zero-order chi connectivity index (χ0) is 19.4. The number of hydrogen-bond donors (Lipinski definition) is 1. The number of carbonyl (C=O) groups is 1. The van der Waals surface area contributed by atoms with Gasteiger partial charge in [-0.3, -0.25) is 4.98 Å². The second-order valence-electron chi connectivity index (χ2n) is 5.73. The Balaban J connectivity index is 1.94. The van der Waals surface area contributed by atoms with Gasteiger partial charge in [-0.05, 0) is 35.9 Å². The van der Waals surface area contributed by atoms with Crippen LogP contribution in [0.4, 0.5) is 0 Å². The number of aromatic carboxylic acids is 1. The van der Waals surface area contributed by atoms with Gasteiger partial charge in [0.05, 0.1) is 32.6 Å². The molecule has 0 unspecified atom stereocenters. The molecular formula is C21H19NO5. The highest BCUT2D eigenvalue weighted by molar-refractivity contribution is 5.88. The van der Waals surface area contributed by atoms with Gasteiger partial charge in [-0.2, -0.15) is 0 Å². The molecule has 0 atom stereocenters. The Labute approximate surface area is 157 Å². The minimum absolute atomic E-state index is 0.251. The molecule has 0 radical (unpaired) electrons. The lowest BCUT2D eigenvalue weighted by atomic mass is 10.0. The van der Waals surface area contributed by atoms with Crippen LogP contribution >= 0.6 is 0 Å². The number of ether oxygens (including phenoxy) is 3. The number of aromatic nitrogens is 1. The standard InChI is InChI=1S/C21H19NO5/c1-25-18-10-16(11-19(26-2)20(18)27-3)17-9-8-15(12-22-17)13-4-6-14(7-5-13)21(23)24/h4-12H,1-3H3,(H,23,24). The minimum Gasteiger partial charge on any atom is -0.493 e. The summed E-state index contributed by atoms with van der Waals surface area (Å²) in [6, 6.07) is 14.2. The molecule has 0 amide bonds. The topological polar surface area (TPSA) is 77.9 Å². The summed E-state index contributed by atoms with van der Waals surface area (Å²) in [5.41, 5.74) is 3.62. The Morgan fingerprint density at radius 1 is 0.815 bits per heavy atom. The third-order valence-electron chi connectivity index (χ3n) is 4.19. The molecule has 0 aliphatic rings. The number of methoxy groups -OCH3 is 3. The van der Waals surface area contributed by atoms with Gasteiger partial charge >= 0.3 is 5.97 Å². The molecule has 3 aromatic rings. The van der Waals surface area contributed by atoms with E-state index in [1.165, 1.54) is 0 Å². The van der Waals surface area contributed by atoms with Crippen molar-refractivity contribution in [2.75, 3.05) is 21.3 Å². The van der Waals surface area contributed by atoms with Crippen molar-refractivity contribution in [2.45, 2.75) is 0 Å². The van der Waals surface area contributed by atoms with Crippen molar-refractivity contribution in [2.24, 2.45) is 0 Å². The van der Waals surface area contributed by atoms with E-state index in [0.29, 0.717) is 17.2 Å². The summed E-state index contributed by atoms with van der Waals surface area (Å²) in [5.74, 6) is 0.695.